The minimum atomic E-state index is 0.614. The molecule has 0 atom stereocenters. The Morgan fingerprint density at radius 3 is 2.47 bits per heavy atom. The topological polar surface area (TPSA) is 55.0 Å². The lowest BCUT2D eigenvalue weighted by Crippen LogP contribution is -2.19. The number of anilines is 2. The number of aromatic nitrogens is 2. The van der Waals surface area contributed by atoms with Gasteiger partial charge in [-0.2, -0.15) is 0 Å². The minimum absolute atomic E-state index is 0.614. The van der Waals surface area contributed by atoms with E-state index in [2.05, 4.69) is 46.1 Å². The van der Waals surface area contributed by atoms with E-state index in [1.165, 1.54) is 11.1 Å². The largest absolute Gasteiger partial charge is 0.383 e. The lowest BCUT2D eigenvalue weighted by molar-refractivity contribution is 0.819. The summed E-state index contributed by atoms with van der Waals surface area (Å²) in [6.45, 7) is 3.96. The Hall–Kier alpha value is -2.10. The molecule has 4 heteroatoms. The van der Waals surface area contributed by atoms with E-state index < -0.39 is 0 Å². The Morgan fingerprint density at radius 2 is 1.84 bits per heavy atom. The number of fused-ring (bicyclic) bond motifs is 1. The van der Waals surface area contributed by atoms with Gasteiger partial charge in [-0.15, -0.1) is 0 Å². The molecule has 0 aliphatic carbocycles. The van der Waals surface area contributed by atoms with E-state index in [1.807, 2.05) is 0 Å². The maximum atomic E-state index is 6.00. The predicted molar refractivity (Wildman–Crippen MR) is 76.8 cm³/mol. The zero-order chi connectivity index (χ0) is 13.2. The molecule has 0 saturated heterocycles. The SMILES string of the molecule is CCCc1c(N)ncnc1N1Cc2ccccc2C1. The second-order valence-electron chi connectivity index (χ2n) is 4.94. The van der Waals surface area contributed by atoms with E-state index in [4.69, 9.17) is 5.73 Å². The van der Waals surface area contributed by atoms with E-state index in [0.717, 1.165) is 37.3 Å². The normalized spacial score (nSPS) is 13.6. The highest BCUT2D eigenvalue weighted by atomic mass is 15.2. The molecule has 0 amide bonds. The third kappa shape index (κ3) is 2.14. The first-order valence-corrected chi connectivity index (χ1v) is 6.70. The number of nitrogens with zero attached hydrogens (tertiary/aromatic N) is 3. The van der Waals surface area contributed by atoms with Crippen molar-refractivity contribution < 1.29 is 0 Å². The third-order valence-corrected chi connectivity index (χ3v) is 3.60. The fourth-order valence-corrected chi connectivity index (χ4v) is 2.66. The molecule has 0 radical (unpaired) electrons. The van der Waals surface area contributed by atoms with E-state index in [-0.39, 0.29) is 0 Å². The average Bonchev–Trinajstić information content (AvgIpc) is 2.85. The van der Waals surface area contributed by atoms with Crippen molar-refractivity contribution in [1.82, 2.24) is 9.97 Å². The number of hydrogen-bond donors (Lipinski definition) is 1. The first-order chi connectivity index (χ1) is 9.29. The van der Waals surface area contributed by atoms with Gasteiger partial charge in [-0.3, -0.25) is 0 Å². The van der Waals surface area contributed by atoms with E-state index in [1.54, 1.807) is 6.33 Å². The van der Waals surface area contributed by atoms with Crippen molar-refractivity contribution in [2.75, 3.05) is 10.6 Å². The molecule has 0 unspecified atom stereocenters. The van der Waals surface area contributed by atoms with Gasteiger partial charge in [0.15, 0.2) is 0 Å². The molecule has 4 nitrogen and oxygen atoms in total. The van der Waals surface area contributed by atoms with Crippen LogP contribution in [-0.2, 0) is 19.5 Å². The number of rotatable bonds is 3. The summed E-state index contributed by atoms with van der Waals surface area (Å²) >= 11 is 0. The first kappa shape index (κ1) is 12.0. The highest BCUT2D eigenvalue weighted by molar-refractivity contribution is 5.59. The molecule has 1 aliphatic rings. The van der Waals surface area contributed by atoms with Crippen LogP contribution in [0.2, 0.25) is 0 Å². The van der Waals surface area contributed by atoms with Gasteiger partial charge in [0.25, 0.3) is 0 Å². The van der Waals surface area contributed by atoms with Crippen LogP contribution in [0.1, 0.15) is 30.0 Å². The van der Waals surface area contributed by atoms with Gasteiger partial charge in [0, 0.05) is 18.7 Å². The first-order valence-electron chi connectivity index (χ1n) is 6.70. The molecule has 0 fully saturated rings. The molecule has 3 rings (SSSR count). The predicted octanol–water partition coefficient (Wildman–Crippen LogP) is 2.53. The van der Waals surface area contributed by atoms with Crippen molar-refractivity contribution in [2.24, 2.45) is 0 Å². The monoisotopic (exact) mass is 254 g/mol. The molecule has 1 aromatic carbocycles. The highest BCUT2D eigenvalue weighted by Crippen LogP contribution is 2.30. The number of hydrogen-bond acceptors (Lipinski definition) is 4. The molecule has 2 heterocycles. The number of nitrogen functional groups attached to an aromatic ring is 1. The Bertz CT molecular complexity index is 569. The minimum Gasteiger partial charge on any atom is -0.383 e. The third-order valence-electron chi connectivity index (χ3n) is 3.60. The molecule has 0 saturated carbocycles. The van der Waals surface area contributed by atoms with Gasteiger partial charge in [-0.05, 0) is 17.5 Å². The summed E-state index contributed by atoms with van der Waals surface area (Å²) in [4.78, 5) is 10.9. The Balaban J connectivity index is 1.95. The molecule has 0 spiro atoms. The van der Waals surface area contributed by atoms with Crippen LogP contribution < -0.4 is 10.6 Å². The maximum absolute atomic E-state index is 6.00. The molecular formula is C15H18N4. The summed E-state index contributed by atoms with van der Waals surface area (Å²) in [7, 11) is 0. The molecule has 19 heavy (non-hydrogen) atoms. The summed E-state index contributed by atoms with van der Waals surface area (Å²) in [6, 6.07) is 8.53. The molecular weight excluding hydrogens is 236 g/mol. The molecule has 1 aliphatic heterocycles. The average molecular weight is 254 g/mol. The number of nitrogens with two attached hydrogens (primary N) is 1. The second-order valence-corrected chi connectivity index (χ2v) is 4.94. The van der Waals surface area contributed by atoms with Crippen molar-refractivity contribution in [3.8, 4) is 0 Å². The Morgan fingerprint density at radius 1 is 1.16 bits per heavy atom. The Labute approximate surface area is 113 Å². The quantitative estimate of drug-likeness (QED) is 0.914. The molecule has 0 bridgehead atoms. The molecule has 98 valence electrons. The van der Waals surface area contributed by atoms with Crippen LogP contribution in [-0.4, -0.2) is 9.97 Å². The fourth-order valence-electron chi connectivity index (χ4n) is 2.66. The Kier molecular flexibility index (Phi) is 3.07. The lowest BCUT2D eigenvalue weighted by Gasteiger charge is -2.20. The van der Waals surface area contributed by atoms with Gasteiger partial charge in [0.1, 0.15) is 18.0 Å². The van der Waals surface area contributed by atoms with Crippen molar-refractivity contribution in [1.29, 1.82) is 0 Å². The number of benzene rings is 1. The van der Waals surface area contributed by atoms with Crippen LogP contribution in [0.15, 0.2) is 30.6 Å². The van der Waals surface area contributed by atoms with Crippen molar-refractivity contribution in [3.63, 3.8) is 0 Å². The van der Waals surface area contributed by atoms with Gasteiger partial charge in [0.2, 0.25) is 0 Å². The van der Waals surface area contributed by atoms with E-state index >= 15 is 0 Å². The summed E-state index contributed by atoms with van der Waals surface area (Å²) < 4.78 is 0. The molecule has 2 N–H and O–H groups in total. The van der Waals surface area contributed by atoms with Crippen LogP contribution in [0.25, 0.3) is 0 Å². The van der Waals surface area contributed by atoms with Crippen molar-refractivity contribution in [3.05, 3.63) is 47.3 Å². The smallest absolute Gasteiger partial charge is 0.137 e. The van der Waals surface area contributed by atoms with Crippen LogP contribution in [0.5, 0.6) is 0 Å². The van der Waals surface area contributed by atoms with Crippen molar-refractivity contribution in [2.45, 2.75) is 32.9 Å². The van der Waals surface area contributed by atoms with Gasteiger partial charge in [-0.1, -0.05) is 37.6 Å². The van der Waals surface area contributed by atoms with E-state index in [9.17, 15) is 0 Å². The summed E-state index contributed by atoms with van der Waals surface area (Å²) in [5.41, 5.74) is 9.84. The van der Waals surface area contributed by atoms with Gasteiger partial charge >= 0.3 is 0 Å². The molecule has 2 aromatic rings. The lowest BCUT2D eigenvalue weighted by atomic mass is 10.1. The van der Waals surface area contributed by atoms with Crippen LogP contribution >= 0.6 is 0 Å². The standard InChI is InChI=1S/C15H18N4/c1-2-5-13-14(16)17-10-18-15(13)19-8-11-6-3-4-7-12(11)9-19/h3-4,6-7,10H,2,5,8-9H2,1H3,(H2,16,17,18). The van der Waals surface area contributed by atoms with Crippen LogP contribution in [0, 0.1) is 0 Å². The summed E-state index contributed by atoms with van der Waals surface area (Å²) in [5.74, 6) is 1.60. The van der Waals surface area contributed by atoms with E-state index in [0.29, 0.717) is 5.82 Å². The van der Waals surface area contributed by atoms with Crippen LogP contribution in [0.3, 0.4) is 0 Å². The second kappa shape index (κ2) is 4.88. The maximum Gasteiger partial charge on any atom is 0.137 e. The summed E-state index contributed by atoms with van der Waals surface area (Å²) in [5, 5.41) is 0. The van der Waals surface area contributed by atoms with Gasteiger partial charge < -0.3 is 10.6 Å². The molecule has 1 aromatic heterocycles. The van der Waals surface area contributed by atoms with Gasteiger partial charge in [0.05, 0.1) is 0 Å². The fraction of sp³-hybridized carbons (Fsp3) is 0.333. The zero-order valence-corrected chi connectivity index (χ0v) is 11.1. The van der Waals surface area contributed by atoms with Crippen molar-refractivity contribution >= 4 is 11.6 Å². The highest BCUT2D eigenvalue weighted by Gasteiger charge is 2.22. The van der Waals surface area contributed by atoms with Gasteiger partial charge in [-0.25, -0.2) is 9.97 Å². The summed E-state index contributed by atoms with van der Waals surface area (Å²) in [6.07, 6.45) is 3.53. The zero-order valence-electron chi connectivity index (χ0n) is 11.1. The van der Waals surface area contributed by atoms with Crippen LogP contribution in [0.4, 0.5) is 11.6 Å².